The van der Waals surface area contributed by atoms with Gasteiger partial charge in [0.2, 0.25) is 0 Å². The summed E-state index contributed by atoms with van der Waals surface area (Å²) < 4.78 is 0. The van der Waals surface area contributed by atoms with Crippen LogP contribution in [0.2, 0.25) is 0 Å². The predicted octanol–water partition coefficient (Wildman–Crippen LogP) is 0.789. The van der Waals surface area contributed by atoms with Crippen LogP contribution in [-0.4, -0.2) is 47.2 Å². The third-order valence-electron chi connectivity index (χ3n) is 2.17. The second-order valence-electron chi connectivity index (χ2n) is 4.02. The van der Waals surface area contributed by atoms with Crippen LogP contribution in [0.4, 0.5) is 0 Å². The highest BCUT2D eigenvalue weighted by atomic mass is 16.4. The average Bonchev–Trinajstić information content (AvgIpc) is 2.38. The monoisotopic (exact) mass is 280 g/mol. The minimum absolute atomic E-state index is 0.558. The van der Waals surface area contributed by atoms with Gasteiger partial charge in [0, 0.05) is 31.8 Å². The highest BCUT2D eigenvalue weighted by Gasteiger charge is 1.96. The normalized spacial score (nSPS) is 10.2. The molecular weight excluding hydrogens is 260 g/mol. The summed E-state index contributed by atoms with van der Waals surface area (Å²) in [6.45, 7) is 2.66. The van der Waals surface area contributed by atoms with Crippen molar-refractivity contribution < 1.29 is 19.8 Å². The molecule has 0 heterocycles. The SMILES string of the molecule is CN(CCN)Cc1ccccc1.O=C(O)C=CC(=O)O. The molecule has 0 saturated carbocycles. The fourth-order valence-electron chi connectivity index (χ4n) is 1.34. The molecule has 110 valence electrons. The van der Waals surface area contributed by atoms with Gasteiger partial charge in [-0.05, 0) is 12.6 Å². The van der Waals surface area contributed by atoms with Crippen molar-refractivity contribution in [1.29, 1.82) is 0 Å². The van der Waals surface area contributed by atoms with Gasteiger partial charge in [0.05, 0.1) is 0 Å². The minimum Gasteiger partial charge on any atom is -0.478 e. The van der Waals surface area contributed by atoms with Crippen molar-refractivity contribution in [1.82, 2.24) is 4.90 Å². The lowest BCUT2D eigenvalue weighted by molar-refractivity contribution is -0.134. The number of carboxylic acid groups (broad SMARTS) is 2. The van der Waals surface area contributed by atoms with Crippen LogP contribution in [0, 0.1) is 0 Å². The van der Waals surface area contributed by atoms with Gasteiger partial charge in [-0.25, -0.2) is 9.59 Å². The van der Waals surface area contributed by atoms with Crippen LogP contribution in [0.1, 0.15) is 5.56 Å². The Morgan fingerprint density at radius 2 is 1.65 bits per heavy atom. The van der Waals surface area contributed by atoms with E-state index >= 15 is 0 Å². The molecule has 20 heavy (non-hydrogen) atoms. The van der Waals surface area contributed by atoms with Gasteiger partial charge in [0.25, 0.3) is 0 Å². The van der Waals surface area contributed by atoms with Crippen molar-refractivity contribution >= 4 is 11.9 Å². The van der Waals surface area contributed by atoms with E-state index in [1.807, 2.05) is 6.07 Å². The van der Waals surface area contributed by atoms with Gasteiger partial charge in [0.1, 0.15) is 0 Å². The highest BCUT2D eigenvalue weighted by molar-refractivity contribution is 5.89. The van der Waals surface area contributed by atoms with E-state index in [9.17, 15) is 9.59 Å². The summed E-state index contributed by atoms with van der Waals surface area (Å²) in [7, 11) is 2.08. The van der Waals surface area contributed by atoms with Crippen LogP contribution in [0.15, 0.2) is 42.5 Å². The Hall–Kier alpha value is -2.18. The topological polar surface area (TPSA) is 104 Å². The minimum atomic E-state index is -1.26. The molecule has 0 bridgehead atoms. The fraction of sp³-hybridized carbons (Fsp3) is 0.286. The second kappa shape index (κ2) is 10.7. The molecule has 0 aliphatic rings. The number of likely N-dealkylation sites (N-methyl/N-ethyl adjacent to an activating group) is 1. The summed E-state index contributed by atoms with van der Waals surface area (Å²) in [6.07, 6.45) is 1.12. The molecule has 1 aromatic carbocycles. The van der Waals surface area contributed by atoms with Crippen molar-refractivity contribution in [2.24, 2.45) is 5.73 Å². The smallest absolute Gasteiger partial charge is 0.328 e. The van der Waals surface area contributed by atoms with Crippen LogP contribution in [0.25, 0.3) is 0 Å². The molecule has 0 saturated heterocycles. The van der Waals surface area contributed by atoms with Gasteiger partial charge in [-0.1, -0.05) is 30.3 Å². The maximum absolute atomic E-state index is 9.55. The number of hydrogen-bond donors (Lipinski definition) is 3. The highest BCUT2D eigenvalue weighted by Crippen LogP contribution is 2.01. The van der Waals surface area contributed by atoms with E-state index in [0.29, 0.717) is 12.2 Å². The molecule has 0 aromatic heterocycles. The van der Waals surface area contributed by atoms with Gasteiger partial charge in [0.15, 0.2) is 0 Å². The third kappa shape index (κ3) is 10.9. The van der Waals surface area contributed by atoms with E-state index in [1.54, 1.807) is 0 Å². The maximum Gasteiger partial charge on any atom is 0.328 e. The lowest BCUT2D eigenvalue weighted by Gasteiger charge is -2.14. The first kappa shape index (κ1) is 17.8. The molecule has 0 fully saturated rings. The Labute approximate surface area is 118 Å². The number of benzene rings is 1. The Morgan fingerprint density at radius 3 is 2.05 bits per heavy atom. The Balaban J connectivity index is 0.000000396. The largest absolute Gasteiger partial charge is 0.478 e. The number of aliphatic carboxylic acids is 2. The average molecular weight is 280 g/mol. The van der Waals surface area contributed by atoms with Gasteiger partial charge < -0.3 is 20.8 Å². The number of carboxylic acids is 2. The quantitative estimate of drug-likeness (QED) is 0.665. The zero-order valence-corrected chi connectivity index (χ0v) is 11.4. The molecule has 1 aromatic rings. The van der Waals surface area contributed by atoms with E-state index in [-0.39, 0.29) is 0 Å². The van der Waals surface area contributed by atoms with Gasteiger partial charge in [-0.3, -0.25) is 0 Å². The Morgan fingerprint density at radius 1 is 1.15 bits per heavy atom. The standard InChI is InChI=1S/C10H16N2.C4H4O4/c1-12(8-7-11)9-10-5-3-2-4-6-10;5-3(6)1-2-4(7)8/h2-6H,7-9,11H2,1H3;1-2H,(H,5,6)(H,7,8). The summed E-state index contributed by atoms with van der Waals surface area (Å²) in [5.74, 6) is -2.51. The molecule has 0 atom stereocenters. The first-order valence-corrected chi connectivity index (χ1v) is 6.02. The Kier molecular flexibility index (Phi) is 9.55. The van der Waals surface area contributed by atoms with Crippen LogP contribution in [0.5, 0.6) is 0 Å². The molecule has 6 nitrogen and oxygen atoms in total. The van der Waals surface area contributed by atoms with Gasteiger partial charge >= 0.3 is 11.9 Å². The third-order valence-corrected chi connectivity index (χ3v) is 2.17. The van der Waals surface area contributed by atoms with Crippen LogP contribution in [-0.2, 0) is 16.1 Å². The van der Waals surface area contributed by atoms with Crippen molar-refractivity contribution in [3.8, 4) is 0 Å². The van der Waals surface area contributed by atoms with E-state index in [2.05, 4.69) is 36.2 Å². The lowest BCUT2D eigenvalue weighted by Crippen LogP contribution is -2.24. The van der Waals surface area contributed by atoms with Crippen LogP contribution in [0.3, 0.4) is 0 Å². The maximum atomic E-state index is 9.55. The van der Waals surface area contributed by atoms with E-state index in [0.717, 1.165) is 19.6 Å². The molecule has 0 unspecified atom stereocenters. The zero-order valence-electron chi connectivity index (χ0n) is 11.4. The molecular formula is C14H20N2O4. The predicted molar refractivity (Wildman–Crippen MR) is 76.2 cm³/mol. The van der Waals surface area contributed by atoms with Crippen LogP contribution >= 0.6 is 0 Å². The summed E-state index contributed by atoms with van der Waals surface area (Å²) >= 11 is 0. The van der Waals surface area contributed by atoms with E-state index in [4.69, 9.17) is 15.9 Å². The molecule has 0 aliphatic heterocycles. The summed E-state index contributed by atoms with van der Waals surface area (Å²) in [5, 5.41) is 15.6. The molecule has 0 radical (unpaired) electrons. The number of nitrogens with zero attached hydrogens (tertiary/aromatic N) is 1. The van der Waals surface area contributed by atoms with Crippen molar-refractivity contribution in [3.05, 3.63) is 48.0 Å². The second-order valence-corrected chi connectivity index (χ2v) is 4.02. The van der Waals surface area contributed by atoms with Gasteiger partial charge in [-0.2, -0.15) is 0 Å². The fourth-order valence-corrected chi connectivity index (χ4v) is 1.34. The zero-order chi connectivity index (χ0) is 15.4. The molecule has 1 rings (SSSR count). The summed E-state index contributed by atoms with van der Waals surface area (Å²) in [5.41, 5.74) is 6.78. The van der Waals surface area contributed by atoms with Gasteiger partial charge in [-0.15, -0.1) is 0 Å². The molecule has 0 amide bonds. The van der Waals surface area contributed by atoms with E-state index < -0.39 is 11.9 Å². The number of rotatable bonds is 6. The van der Waals surface area contributed by atoms with Crippen molar-refractivity contribution in [2.75, 3.05) is 20.1 Å². The van der Waals surface area contributed by atoms with Crippen molar-refractivity contribution in [2.45, 2.75) is 6.54 Å². The number of nitrogens with two attached hydrogens (primary N) is 1. The Bertz CT molecular complexity index is 416. The summed E-state index contributed by atoms with van der Waals surface area (Å²) in [4.78, 5) is 21.3. The number of hydrogen-bond acceptors (Lipinski definition) is 4. The van der Waals surface area contributed by atoms with E-state index in [1.165, 1.54) is 5.56 Å². The van der Waals surface area contributed by atoms with Crippen molar-refractivity contribution in [3.63, 3.8) is 0 Å². The van der Waals surface area contributed by atoms with Crippen LogP contribution < -0.4 is 5.73 Å². The first-order valence-electron chi connectivity index (χ1n) is 6.02. The molecule has 0 aliphatic carbocycles. The number of carbonyl (C=O) groups is 2. The first-order chi connectivity index (χ1) is 9.45. The summed E-state index contributed by atoms with van der Waals surface area (Å²) in [6, 6.07) is 10.4. The molecule has 0 spiro atoms. The lowest BCUT2D eigenvalue weighted by atomic mass is 10.2. The molecule has 6 heteroatoms. The molecule has 4 N–H and O–H groups in total.